The van der Waals surface area contributed by atoms with Gasteiger partial charge in [0.05, 0.1) is 0 Å². The second kappa shape index (κ2) is 9.75. The van der Waals surface area contributed by atoms with Crippen molar-refractivity contribution >= 4 is 34.4 Å². The maximum atomic E-state index is 12.4. The molecule has 2 aromatic rings. The number of aliphatic hydroxyl groups is 1. The number of anilines is 1. The molecule has 26 heavy (non-hydrogen) atoms. The largest absolute Gasteiger partial charge is 0.508 e. The minimum atomic E-state index is -0.868. The van der Waals surface area contributed by atoms with Gasteiger partial charge in [0, 0.05) is 35.0 Å². The van der Waals surface area contributed by atoms with Crippen LogP contribution in [0.1, 0.15) is 23.7 Å². The van der Waals surface area contributed by atoms with Crippen LogP contribution in [0.5, 0.6) is 5.75 Å². The van der Waals surface area contributed by atoms with Crippen molar-refractivity contribution in [2.45, 2.75) is 25.6 Å². The first-order valence-corrected chi connectivity index (χ1v) is 9.19. The number of hydrogen-bond acceptors (Lipinski definition) is 5. The van der Waals surface area contributed by atoms with Crippen LogP contribution in [-0.2, 0) is 9.47 Å². The van der Waals surface area contributed by atoms with E-state index in [2.05, 4.69) is 27.9 Å². The van der Waals surface area contributed by atoms with E-state index < -0.39 is 18.3 Å². The summed E-state index contributed by atoms with van der Waals surface area (Å²) in [6.07, 6.45) is -1.89. The number of aliphatic hydroxyl groups excluding tert-OH is 1. The Hall–Kier alpha value is -1.84. The highest BCUT2D eigenvalue weighted by Gasteiger charge is 2.29. The molecule has 2 atom stereocenters. The van der Waals surface area contributed by atoms with Gasteiger partial charge in [-0.15, -0.1) is 0 Å². The van der Waals surface area contributed by atoms with E-state index in [1.165, 1.54) is 13.2 Å². The second-order valence-electron chi connectivity index (χ2n) is 5.81. The number of phenols is 1. The Balaban J connectivity index is 2.24. The van der Waals surface area contributed by atoms with Gasteiger partial charge in [-0.05, 0) is 59.8 Å². The second-order valence-corrected chi connectivity index (χ2v) is 7.05. The van der Waals surface area contributed by atoms with Gasteiger partial charge in [-0.3, -0.25) is 5.32 Å². The summed E-state index contributed by atoms with van der Waals surface area (Å²) in [4.78, 5) is 12.4. The van der Waals surface area contributed by atoms with Crippen LogP contribution in [0.25, 0.3) is 0 Å². The Morgan fingerprint density at radius 1 is 1.23 bits per heavy atom. The third-order valence-corrected chi connectivity index (χ3v) is 4.55. The van der Waals surface area contributed by atoms with E-state index in [0.717, 1.165) is 9.13 Å². The first-order chi connectivity index (χ1) is 12.4. The summed E-state index contributed by atoms with van der Waals surface area (Å²) in [6, 6.07) is 12.3. The number of aryl methyl sites for hydroxylation is 1. The van der Waals surface area contributed by atoms with Crippen LogP contribution < -0.4 is 5.32 Å². The predicted molar refractivity (Wildman–Crippen MR) is 107 cm³/mol. The van der Waals surface area contributed by atoms with E-state index in [1.807, 2.05) is 19.1 Å². The SMILES string of the molecule is CO[C@H](CCO)[C@H](OC(=O)Nc1ccc(C)cc1)c1cc(I)ccc1O. The Bertz CT molecular complexity index is 735. The number of amides is 1. The van der Waals surface area contributed by atoms with E-state index in [1.54, 1.807) is 24.3 Å². The smallest absolute Gasteiger partial charge is 0.412 e. The first-order valence-electron chi connectivity index (χ1n) is 8.11. The molecule has 0 radical (unpaired) electrons. The Morgan fingerprint density at radius 2 is 1.92 bits per heavy atom. The lowest BCUT2D eigenvalue weighted by Gasteiger charge is -2.26. The van der Waals surface area contributed by atoms with Gasteiger partial charge < -0.3 is 19.7 Å². The van der Waals surface area contributed by atoms with Crippen molar-refractivity contribution in [1.82, 2.24) is 0 Å². The molecule has 0 spiro atoms. The summed E-state index contributed by atoms with van der Waals surface area (Å²) in [7, 11) is 1.47. The minimum Gasteiger partial charge on any atom is -0.508 e. The number of aromatic hydroxyl groups is 1. The molecule has 0 saturated heterocycles. The lowest BCUT2D eigenvalue weighted by Crippen LogP contribution is -2.29. The number of carbonyl (C=O) groups is 1. The van der Waals surface area contributed by atoms with E-state index in [-0.39, 0.29) is 18.8 Å². The summed E-state index contributed by atoms with van der Waals surface area (Å²) in [5.74, 6) is -0.00135. The Morgan fingerprint density at radius 3 is 2.54 bits per heavy atom. The molecule has 0 fully saturated rings. The van der Waals surface area contributed by atoms with Crippen LogP contribution in [0.4, 0.5) is 10.5 Å². The minimum absolute atomic E-state index is 0.00135. The van der Waals surface area contributed by atoms with Crippen LogP contribution in [0, 0.1) is 10.5 Å². The topological polar surface area (TPSA) is 88.0 Å². The third kappa shape index (κ3) is 5.58. The molecule has 0 saturated carbocycles. The molecule has 0 aliphatic carbocycles. The van der Waals surface area contributed by atoms with Crippen LogP contribution in [-0.4, -0.2) is 36.1 Å². The molecule has 2 rings (SSSR count). The van der Waals surface area contributed by atoms with Gasteiger partial charge in [-0.1, -0.05) is 17.7 Å². The zero-order valence-corrected chi connectivity index (χ0v) is 16.8. The summed E-state index contributed by atoms with van der Waals surface area (Å²) < 4.78 is 11.8. The molecule has 1 amide bonds. The van der Waals surface area contributed by atoms with Gasteiger partial charge in [0.15, 0.2) is 6.10 Å². The molecule has 0 bridgehead atoms. The Labute approximate surface area is 166 Å². The van der Waals surface area contributed by atoms with E-state index in [0.29, 0.717) is 11.3 Å². The zero-order chi connectivity index (χ0) is 19.1. The van der Waals surface area contributed by atoms with Crippen LogP contribution in [0.15, 0.2) is 42.5 Å². The molecular weight excluding hydrogens is 449 g/mol. The maximum Gasteiger partial charge on any atom is 0.412 e. The quantitative estimate of drug-likeness (QED) is 0.532. The molecular formula is C19H22INO5. The highest BCUT2D eigenvalue weighted by atomic mass is 127. The normalized spacial score (nSPS) is 13.1. The third-order valence-electron chi connectivity index (χ3n) is 3.88. The molecule has 6 nitrogen and oxygen atoms in total. The number of hydrogen-bond donors (Lipinski definition) is 3. The first kappa shape index (κ1) is 20.5. The number of phenolic OH excluding ortho intramolecular Hbond substituents is 1. The summed E-state index contributed by atoms with van der Waals surface area (Å²) >= 11 is 2.11. The van der Waals surface area contributed by atoms with Gasteiger partial charge in [0.25, 0.3) is 0 Å². The highest BCUT2D eigenvalue weighted by molar-refractivity contribution is 14.1. The number of rotatable bonds is 7. The molecule has 0 aliphatic rings. The molecule has 0 aliphatic heterocycles. The van der Waals surface area contributed by atoms with Crippen LogP contribution in [0.3, 0.4) is 0 Å². The van der Waals surface area contributed by atoms with Gasteiger partial charge >= 0.3 is 6.09 Å². The van der Waals surface area contributed by atoms with Crippen molar-refractivity contribution in [3.63, 3.8) is 0 Å². The standard InChI is InChI=1S/C19H22INO5/c1-12-3-6-14(7-4-12)21-19(24)26-18(17(25-2)9-10-22)15-11-13(20)5-8-16(15)23/h3-8,11,17-18,22-23H,9-10H2,1-2H3,(H,21,24)/t17-,18-/m1/s1. The maximum absolute atomic E-state index is 12.4. The van der Waals surface area contributed by atoms with Gasteiger partial charge in [0.2, 0.25) is 0 Å². The number of ether oxygens (including phenoxy) is 2. The average Bonchev–Trinajstić information content (AvgIpc) is 2.62. The van der Waals surface area contributed by atoms with Crippen molar-refractivity contribution in [3.8, 4) is 5.75 Å². The number of benzene rings is 2. The summed E-state index contributed by atoms with van der Waals surface area (Å²) in [6.45, 7) is 1.82. The Kier molecular flexibility index (Phi) is 7.67. The van der Waals surface area contributed by atoms with Gasteiger partial charge in [0.1, 0.15) is 11.9 Å². The van der Waals surface area contributed by atoms with Crippen LogP contribution in [0.2, 0.25) is 0 Å². The lowest BCUT2D eigenvalue weighted by atomic mass is 10.0. The average molecular weight is 471 g/mol. The fraction of sp³-hybridized carbons (Fsp3) is 0.316. The molecule has 140 valence electrons. The molecule has 3 N–H and O–H groups in total. The highest BCUT2D eigenvalue weighted by Crippen LogP contribution is 2.33. The molecule has 0 aromatic heterocycles. The van der Waals surface area contributed by atoms with Crippen molar-refractivity contribution in [2.24, 2.45) is 0 Å². The fourth-order valence-corrected chi connectivity index (χ4v) is 3.03. The van der Waals surface area contributed by atoms with Crippen molar-refractivity contribution in [1.29, 1.82) is 0 Å². The number of nitrogens with one attached hydrogen (secondary N) is 1. The summed E-state index contributed by atoms with van der Waals surface area (Å²) in [5.41, 5.74) is 2.10. The number of carbonyl (C=O) groups excluding carboxylic acids is 1. The van der Waals surface area contributed by atoms with Crippen molar-refractivity contribution in [2.75, 3.05) is 19.0 Å². The molecule has 7 heteroatoms. The molecule has 0 heterocycles. The monoisotopic (exact) mass is 471 g/mol. The molecule has 2 aromatic carbocycles. The van der Waals surface area contributed by atoms with E-state index in [9.17, 15) is 15.0 Å². The van der Waals surface area contributed by atoms with Crippen molar-refractivity contribution < 1.29 is 24.5 Å². The summed E-state index contributed by atoms with van der Waals surface area (Å²) in [5, 5.41) is 22.2. The number of halogens is 1. The zero-order valence-electron chi connectivity index (χ0n) is 14.6. The fourth-order valence-electron chi connectivity index (χ4n) is 2.51. The van der Waals surface area contributed by atoms with E-state index in [4.69, 9.17) is 9.47 Å². The van der Waals surface area contributed by atoms with E-state index >= 15 is 0 Å². The van der Waals surface area contributed by atoms with Gasteiger partial charge in [-0.25, -0.2) is 4.79 Å². The predicted octanol–water partition coefficient (Wildman–Crippen LogP) is 3.99. The number of methoxy groups -OCH3 is 1. The van der Waals surface area contributed by atoms with Crippen molar-refractivity contribution in [3.05, 3.63) is 57.2 Å². The lowest BCUT2D eigenvalue weighted by molar-refractivity contribution is -0.0314. The molecule has 0 unspecified atom stereocenters. The van der Waals surface area contributed by atoms with Crippen LogP contribution >= 0.6 is 22.6 Å². The van der Waals surface area contributed by atoms with Gasteiger partial charge in [-0.2, -0.15) is 0 Å².